The Kier molecular flexibility index (Phi) is 8.84. The maximum absolute atomic E-state index is 11.1. The van der Waals surface area contributed by atoms with Crippen molar-refractivity contribution in [3.63, 3.8) is 0 Å². The van der Waals surface area contributed by atoms with E-state index >= 15 is 0 Å². The van der Waals surface area contributed by atoms with Crippen LogP contribution in [0.5, 0.6) is 5.75 Å². The molecule has 0 saturated carbocycles. The van der Waals surface area contributed by atoms with Crippen molar-refractivity contribution in [3.8, 4) is 5.75 Å². The Balaban J connectivity index is 1.98. The molecule has 1 N–H and O–H groups in total. The van der Waals surface area contributed by atoms with Gasteiger partial charge in [0.25, 0.3) is 0 Å². The third-order valence-electron chi connectivity index (χ3n) is 3.58. The second kappa shape index (κ2) is 10.5. The van der Waals surface area contributed by atoms with E-state index < -0.39 is 5.63 Å². The SMILES string of the molecule is CCCCCCCCCCCCc1cc(O)cc(=O)o1. The molecule has 0 bridgehead atoms. The lowest BCUT2D eigenvalue weighted by Gasteiger charge is -2.02. The summed E-state index contributed by atoms with van der Waals surface area (Å²) in [5.41, 5.74) is -0.466. The summed E-state index contributed by atoms with van der Waals surface area (Å²) in [6.45, 7) is 2.24. The number of aryl methyl sites for hydroxylation is 1. The molecule has 1 aromatic heterocycles. The van der Waals surface area contributed by atoms with Crippen molar-refractivity contribution in [1.29, 1.82) is 0 Å². The predicted octanol–water partition coefficient (Wildman–Crippen LogP) is 4.81. The van der Waals surface area contributed by atoms with Crippen molar-refractivity contribution in [2.75, 3.05) is 0 Å². The van der Waals surface area contributed by atoms with Crippen LogP contribution in [0.1, 0.15) is 76.9 Å². The number of unbranched alkanes of at least 4 members (excludes halogenated alkanes) is 9. The minimum atomic E-state index is -0.466. The Labute approximate surface area is 122 Å². The van der Waals surface area contributed by atoms with Gasteiger partial charge in [-0.1, -0.05) is 64.7 Å². The topological polar surface area (TPSA) is 50.4 Å². The van der Waals surface area contributed by atoms with Crippen molar-refractivity contribution in [2.24, 2.45) is 0 Å². The molecule has 1 aromatic rings. The van der Waals surface area contributed by atoms with Crippen LogP contribution in [0, 0.1) is 0 Å². The van der Waals surface area contributed by atoms with Gasteiger partial charge in [0.15, 0.2) is 0 Å². The molecule has 0 aliphatic carbocycles. The summed E-state index contributed by atoms with van der Waals surface area (Å²) in [7, 11) is 0. The van der Waals surface area contributed by atoms with Crippen LogP contribution < -0.4 is 5.63 Å². The van der Waals surface area contributed by atoms with Gasteiger partial charge in [0.1, 0.15) is 11.5 Å². The average molecular weight is 280 g/mol. The van der Waals surface area contributed by atoms with Gasteiger partial charge in [0.05, 0.1) is 6.07 Å². The first-order valence-electron chi connectivity index (χ1n) is 8.05. The molecule has 1 heterocycles. The van der Waals surface area contributed by atoms with Gasteiger partial charge in [-0.2, -0.15) is 0 Å². The quantitative estimate of drug-likeness (QED) is 0.592. The summed E-state index contributed by atoms with van der Waals surface area (Å²) in [6, 6.07) is 2.64. The van der Waals surface area contributed by atoms with E-state index in [0.29, 0.717) is 5.76 Å². The maximum atomic E-state index is 11.1. The lowest BCUT2D eigenvalue weighted by Crippen LogP contribution is -1.98. The summed E-state index contributed by atoms with van der Waals surface area (Å²) < 4.78 is 5.03. The van der Waals surface area contributed by atoms with Gasteiger partial charge in [-0.05, 0) is 6.42 Å². The van der Waals surface area contributed by atoms with Gasteiger partial charge in [0, 0.05) is 12.5 Å². The van der Waals surface area contributed by atoms with Crippen LogP contribution in [0.15, 0.2) is 21.3 Å². The van der Waals surface area contributed by atoms with Gasteiger partial charge in [-0.15, -0.1) is 0 Å². The van der Waals surface area contributed by atoms with E-state index in [4.69, 9.17) is 4.42 Å². The first kappa shape index (κ1) is 16.8. The zero-order valence-electron chi connectivity index (χ0n) is 12.7. The number of rotatable bonds is 11. The Morgan fingerprint density at radius 3 is 2.00 bits per heavy atom. The molecule has 0 atom stereocenters. The highest BCUT2D eigenvalue weighted by Gasteiger charge is 2.00. The van der Waals surface area contributed by atoms with Crippen LogP contribution in [-0.2, 0) is 6.42 Å². The minimum absolute atomic E-state index is 0.00308. The first-order chi connectivity index (χ1) is 9.72. The summed E-state index contributed by atoms with van der Waals surface area (Å²) in [5.74, 6) is 0.595. The zero-order chi connectivity index (χ0) is 14.6. The lowest BCUT2D eigenvalue weighted by molar-refractivity contribution is 0.418. The molecule has 1 rings (SSSR count). The molecule has 3 nitrogen and oxygen atoms in total. The summed E-state index contributed by atoms with van der Waals surface area (Å²) in [4.78, 5) is 11.1. The molecule has 0 amide bonds. The summed E-state index contributed by atoms with van der Waals surface area (Å²) in [6.07, 6.45) is 13.6. The van der Waals surface area contributed by atoms with Crippen LogP contribution in [-0.4, -0.2) is 5.11 Å². The normalized spacial score (nSPS) is 10.8. The van der Waals surface area contributed by atoms with E-state index in [0.717, 1.165) is 25.3 Å². The fraction of sp³-hybridized carbons (Fsp3) is 0.706. The molecular weight excluding hydrogens is 252 g/mol. The molecule has 20 heavy (non-hydrogen) atoms. The van der Waals surface area contributed by atoms with Gasteiger partial charge < -0.3 is 9.52 Å². The van der Waals surface area contributed by atoms with E-state index in [1.54, 1.807) is 0 Å². The van der Waals surface area contributed by atoms with Gasteiger partial charge in [-0.25, -0.2) is 4.79 Å². The molecule has 0 fully saturated rings. The molecule has 0 spiro atoms. The Morgan fingerprint density at radius 2 is 1.45 bits per heavy atom. The fourth-order valence-electron chi connectivity index (χ4n) is 2.43. The molecule has 114 valence electrons. The van der Waals surface area contributed by atoms with E-state index in [2.05, 4.69) is 6.92 Å². The minimum Gasteiger partial charge on any atom is -0.508 e. The first-order valence-corrected chi connectivity index (χ1v) is 8.05. The highest BCUT2D eigenvalue weighted by molar-refractivity contribution is 5.18. The predicted molar refractivity (Wildman–Crippen MR) is 82.2 cm³/mol. The van der Waals surface area contributed by atoms with Crippen molar-refractivity contribution in [1.82, 2.24) is 0 Å². The third kappa shape index (κ3) is 8.03. The second-order valence-corrected chi connectivity index (χ2v) is 5.53. The standard InChI is InChI=1S/C17H28O3/c1-2-3-4-5-6-7-8-9-10-11-12-16-13-15(18)14-17(19)20-16/h13-14,18H,2-12H2,1H3. The van der Waals surface area contributed by atoms with Gasteiger partial charge >= 0.3 is 5.63 Å². The molecule has 0 radical (unpaired) electrons. The third-order valence-corrected chi connectivity index (χ3v) is 3.58. The largest absolute Gasteiger partial charge is 0.508 e. The lowest BCUT2D eigenvalue weighted by atomic mass is 10.1. The van der Waals surface area contributed by atoms with E-state index in [9.17, 15) is 9.90 Å². The Bertz CT molecular complexity index is 409. The molecule has 0 saturated heterocycles. The van der Waals surface area contributed by atoms with E-state index in [1.807, 2.05) is 0 Å². The van der Waals surface area contributed by atoms with Crippen molar-refractivity contribution in [3.05, 3.63) is 28.3 Å². The van der Waals surface area contributed by atoms with Crippen LogP contribution >= 0.6 is 0 Å². The van der Waals surface area contributed by atoms with Crippen LogP contribution in [0.3, 0.4) is 0 Å². The number of hydrogen-bond donors (Lipinski definition) is 1. The molecule has 3 heteroatoms. The smallest absolute Gasteiger partial charge is 0.339 e. The highest BCUT2D eigenvalue weighted by atomic mass is 16.4. The number of hydrogen-bond acceptors (Lipinski definition) is 3. The fourth-order valence-corrected chi connectivity index (χ4v) is 2.43. The van der Waals surface area contributed by atoms with Gasteiger partial charge in [0.2, 0.25) is 0 Å². The van der Waals surface area contributed by atoms with Crippen molar-refractivity contribution >= 4 is 0 Å². The maximum Gasteiger partial charge on any atom is 0.339 e. The van der Waals surface area contributed by atoms with Crippen LogP contribution in [0.4, 0.5) is 0 Å². The van der Waals surface area contributed by atoms with E-state index in [-0.39, 0.29) is 5.75 Å². The number of aromatic hydroxyl groups is 1. The van der Waals surface area contributed by atoms with Crippen molar-refractivity contribution in [2.45, 2.75) is 77.6 Å². The van der Waals surface area contributed by atoms with E-state index in [1.165, 1.54) is 57.4 Å². The second-order valence-electron chi connectivity index (χ2n) is 5.53. The zero-order valence-corrected chi connectivity index (χ0v) is 12.7. The van der Waals surface area contributed by atoms with Gasteiger partial charge in [-0.3, -0.25) is 0 Å². The summed E-state index contributed by atoms with van der Waals surface area (Å²) >= 11 is 0. The Morgan fingerprint density at radius 1 is 0.900 bits per heavy atom. The molecule has 0 unspecified atom stereocenters. The molecule has 0 aliphatic rings. The van der Waals surface area contributed by atoms with Crippen molar-refractivity contribution < 1.29 is 9.52 Å². The molecule has 0 aromatic carbocycles. The molecule has 0 aliphatic heterocycles. The average Bonchev–Trinajstić information content (AvgIpc) is 2.40. The van der Waals surface area contributed by atoms with Crippen LogP contribution in [0.2, 0.25) is 0 Å². The van der Waals surface area contributed by atoms with Crippen LogP contribution in [0.25, 0.3) is 0 Å². The Hall–Kier alpha value is -1.25. The summed E-state index contributed by atoms with van der Waals surface area (Å²) in [5, 5.41) is 9.30. The highest BCUT2D eigenvalue weighted by Crippen LogP contribution is 2.13. The molecular formula is C17H28O3. The monoisotopic (exact) mass is 280 g/mol.